The highest BCUT2D eigenvalue weighted by molar-refractivity contribution is 4.92. The van der Waals surface area contributed by atoms with Crippen LogP contribution in [0.4, 0.5) is 0 Å². The van der Waals surface area contributed by atoms with Gasteiger partial charge in [-0.2, -0.15) is 0 Å². The maximum absolute atomic E-state index is 5.11. The molecule has 11 heavy (non-hydrogen) atoms. The Morgan fingerprint density at radius 3 is 2.27 bits per heavy atom. The van der Waals surface area contributed by atoms with Gasteiger partial charge in [0.25, 0.3) is 0 Å². The molecule has 0 aliphatic heterocycles. The normalized spacial score (nSPS) is 15.7. The third-order valence-electron chi connectivity index (χ3n) is 1.49. The molecule has 0 aliphatic rings. The molecular weight excluding hydrogens is 136 g/mol. The Labute approximate surface area is 70.4 Å². The predicted molar refractivity (Wildman–Crippen MR) is 49.7 cm³/mol. The molecular formula is C10H20O. The molecule has 0 saturated heterocycles. The highest BCUT2D eigenvalue weighted by Gasteiger charge is 2.03. The van der Waals surface area contributed by atoms with E-state index in [0.29, 0.717) is 11.5 Å². The number of hydrogen-bond acceptors (Lipinski definition) is 1. The summed E-state index contributed by atoms with van der Waals surface area (Å²) in [5.74, 6) is 0. The van der Waals surface area contributed by atoms with Crippen molar-refractivity contribution in [3.63, 3.8) is 0 Å². The Morgan fingerprint density at radius 2 is 1.91 bits per heavy atom. The first-order valence-corrected chi connectivity index (χ1v) is 4.16. The maximum Gasteiger partial charge on any atom is 0.0577 e. The molecule has 0 spiro atoms. The van der Waals surface area contributed by atoms with Crippen molar-refractivity contribution >= 4 is 0 Å². The maximum atomic E-state index is 5.11. The minimum Gasteiger partial charge on any atom is -0.381 e. The molecule has 0 bridgehead atoms. The van der Waals surface area contributed by atoms with Crippen molar-refractivity contribution in [3.05, 3.63) is 12.2 Å². The first kappa shape index (κ1) is 10.7. The molecule has 1 heteroatoms. The Bertz CT molecular complexity index is 119. The molecule has 1 nitrogen and oxygen atoms in total. The summed E-state index contributed by atoms with van der Waals surface area (Å²) in [6.45, 7) is 8.66. The van der Waals surface area contributed by atoms with Crippen LogP contribution in [-0.2, 0) is 4.74 Å². The fourth-order valence-electron chi connectivity index (χ4n) is 0.709. The van der Waals surface area contributed by atoms with E-state index in [1.54, 1.807) is 7.11 Å². The molecule has 0 aromatic rings. The van der Waals surface area contributed by atoms with Gasteiger partial charge in [-0.3, -0.25) is 0 Å². The lowest BCUT2D eigenvalue weighted by atomic mass is 9.96. The van der Waals surface area contributed by atoms with Gasteiger partial charge in [-0.25, -0.2) is 0 Å². The SMILES string of the molecule is COC(C)C/C=C/C(C)(C)C. The second kappa shape index (κ2) is 4.55. The van der Waals surface area contributed by atoms with E-state index in [1.165, 1.54) is 0 Å². The zero-order valence-corrected chi connectivity index (χ0v) is 8.35. The zero-order chi connectivity index (χ0) is 8.91. The van der Waals surface area contributed by atoms with Crippen LogP contribution >= 0.6 is 0 Å². The lowest BCUT2D eigenvalue weighted by Gasteiger charge is -2.12. The van der Waals surface area contributed by atoms with Crippen molar-refractivity contribution in [1.82, 2.24) is 0 Å². The molecule has 0 N–H and O–H groups in total. The number of rotatable bonds is 3. The number of methoxy groups -OCH3 is 1. The minimum absolute atomic E-state index is 0.299. The molecule has 0 aliphatic carbocycles. The average Bonchev–Trinajstić information content (AvgIpc) is 1.85. The van der Waals surface area contributed by atoms with Gasteiger partial charge >= 0.3 is 0 Å². The molecule has 66 valence electrons. The standard InChI is InChI=1S/C10H20O/c1-9(11-5)7-6-8-10(2,3)4/h6,8-9H,7H2,1-5H3/b8-6+. The highest BCUT2D eigenvalue weighted by atomic mass is 16.5. The van der Waals surface area contributed by atoms with E-state index in [0.717, 1.165) is 6.42 Å². The van der Waals surface area contributed by atoms with Crippen molar-refractivity contribution in [1.29, 1.82) is 0 Å². The van der Waals surface area contributed by atoms with Crippen molar-refractivity contribution in [2.24, 2.45) is 5.41 Å². The summed E-state index contributed by atoms with van der Waals surface area (Å²) in [5.41, 5.74) is 0.299. The van der Waals surface area contributed by atoms with Gasteiger partial charge in [0.15, 0.2) is 0 Å². The van der Waals surface area contributed by atoms with Crippen LogP contribution in [0.2, 0.25) is 0 Å². The van der Waals surface area contributed by atoms with Crippen molar-refractivity contribution in [3.8, 4) is 0 Å². The number of ether oxygens (including phenoxy) is 1. The van der Waals surface area contributed by atoms with Crippen LogP contribution in [0.5, 0.6) is 0 Å². The Kier molecular flexibility index (Phi) is 4.43. The predicted octanol–water partition coefficient (Wildman–Crippen LogP) is 3.01. The molecule has 0 radical (unpaired) electrons. The van der Waals surface area contributed by atoms with E-state index < -0.39 is 0 Å². The monoisotopic (exact) mass is 156 g/mol. The Hall–Kier alpha value is -0.300. The second-order valence-electron chi connectivity index (χ2n) is 4.05. The lowest BCUT2D eigenvalue weighted by molar-refractivity contribution is 0.121. The van der Waals surface area contributed by atoms with E-state index >= 15 is 0 Å². The third-order valence-corrected chi connectivity index (χ3v) is 1.49. The summed E-state index contributed by atoms with van der Waals surface area (Å²) < 4.78 is 5.11. The van der Waals surface area contributed by atoms with Gasteiger partial charge in [-0.15, -0.1) is 0 Å². The van der Waals surface area contributed by atoms with Gasteiger partial charge in [-0.1, -0.05) is 32.9 Å². The molecule has 0 rings (SSSR count). The van der Waals surface area contributed by atoms with Crippen LogP contribution in [0, 0.1) is 5.41 Å². The molecule has 0 fully saturated rings. The molecule has 0 saturated carbocycles. The van der Waals surface area contributed by atoms with E-state index in [4.69, 9.17) is 4.74 Å². The minimum atomic E-state index is 0.299. The van der Waals surface area contributed by atoms with Crippen molar-refractivity contribution < 1.29 is 4.74 Å². The van der Waals surface area contributed by atoms with Crippen LogP contribution < -0.4 is 0 Å². The van der Waals surface area contributed by atoms with Gasteiger partial charge < -0.3 is 4.74 Å². The van der Waals surface area contributed by atoms with Crippen molar-refractivity contribution in [2.45, 2.75) is 40.2 Å². The van der Waals surface area contributed by atoms with Gasteiger partial charge in [0.05, 0.1) is 6.10 Å². The van der Waals surface area contributed by atoms with E-state index in [1.807, 2.05) is 0 Å². The fourth-order valence-corrected chi connectivity index (χ4v) is 0.709. The van der Waals surface area contributed by atoms with Crippen LogP contribution in [-0.4, -0.2) is 13.2 Å². The van der Waals surface area contributed by atoms with Gasteiger partial charge in [0.2, 0.25) is 0 Å². The molecule has 1 atom stereocenters. The number of allylic oxidation sites excluding steroid dienone is 1. The second-order valence-corrected chi connectivity index (χ2v) is 4.05. The summed E-state index contributed by atoms with van der Waals surface area (Å²) in [4.78, 5) is 0. The summed E-state index contributed by atoms with van der Waals surface area (Å²) >= 11 is 0. The van der Waals surface area contributed by atoms with Crippen LogP contribution in [0.1, 0.15) is 34.1 Å². The Balaban J connectivity index is 3.61. The molecule has 0 amide bonds. The third kappa shape index (κ3) is 7.60. The topological polar surface area (TPSA) is 9.23 Å². The molecule has 1 unspecified atom stereocenters. The lowest BCUT2D eigenvalue weighted by Crippen LogP contribution is -2.04. The van der Waals surface area contributed by atoms with E-state index in [-0.39, 0.29) is 0 Å². The summed E-state index contributed by atoms with van der Waals surface area (Å²) in [6.07, 6.45) is 5.76. The van der Waals surface area contributed by atoms with Crippen LogP contribution in [0.15, 0.2) is 12.2 Å². The molecule has 0 heterocycles. The largest absolute Gasteiger partial charge is 0.381 e. The first-order valence-electron chi connectivity index (χ1n) is 4.16. The van der Waals surface area contributed by atoms with Gasteiger partial charge in [-0.05, 0) is 18.8 Å². The summed E-state index contributed by atoms with van der Waals surface area (Å²) in [7, 11) is 1.75. The number of hydrogen-bond donors (Lipinski definition) is 0. The van der Waals surface area contributed by atoms with Gasteiger partial charge in [0, 0.05) is 7.11 Å². The summed E-state index contributed by atoms with van der Waals surface area (Å²) in [6, 6.07) is 0. The van der Waals surface area contributed by atoms with Crippen LogP contribution in [0.3, 0.4) is 0 Å². The zero-order valence-electron chi connectivity index (χ0n) is 8.35. The molecule has 0 aromatic heterocycles. The molecule has 0 aromatic carbocycles. The van der Waals surface area contributed by atoms with E-state index in [9.17, 15) is 0 Å². The Morgan fingerprint density at radius 1 is 1.36 bits per heavy atom. The fraction of sp³-hybridized carbons (Fsp3) is 0.800. The quantitative estimate of drug-likeness (QED) is 0.571. The van der Waals surface area contributed by atoms with E-state index in [2.05, 4.69) is 39.8 Å². The highest BCUT2D eigenvalue weighted by Crippen LogP contribution is 2.15. The first-order chi connectivity index (χ1) is 4.95. The summed E-state index contributed by atoms with van der Waals surface area (Å²) in [5, 5.41) is 0. The smallest absolute Gasteiger partial charge is 0.0577 e. The van der Waals surface area contributed by atoms with Crippen molar-refractivity contribution in [2.75, 3.05) is 7.11 Å². The van der Waals surface area contributed by atoms with Crippen LogP contribution in [0.25, 0.3) is 0 Å². The van der Waals surface area contributed by atoms with Gasteiger partial charge in [0.1, 0.15) is 0 Å². The average molecular weight is 156 g/mol.